The van der Waals surface area contributed by atoms with Crippen LogP contribution in [0.1, 0.15) is 25.7 Å². The van der Waals surface area contributed by atoms with E-state index in [2.05, 4.69) is 5.32 Å². The van der Waals surface area contributed by atoms with Crippen LogP contribution in [0.5, 0.6) is 0 Å². The molecule has 0 unspecified atom stereocenters. The van der Waals surface area contributed by atoms with Gasteiger partial charge in [-0.2, -0.15) is 0 Å². The lowest BCUT2D eigenvalue weighted by molar-refractivity contribution is -0.149. The fourth-order valence-corrected chi connectivity index (χ4v) is 2.82. The van der Waals surface area contributed by atoms with Gasteiger partial charge in [0.25, 0.3) is 0 Å². The van der Waals surface area contributed by atoms with Gasteiger partial charge in [0.05, 0.1) is 18.9 Å². The number of methoxy groups -OCH3 is 1. The highest BCUT2D eigenvalue weighted by atomic mass is 16.5. The van der Waals surface area contributed by atoms with Gasteiger partial charge in [-0.15, -0.1) is 0 Å². The SMILES string of the molecule is COC(=O)C1CCN(C(=O)[C@@H]2CCCNC2)CC1. The summed E-state index contributed by atoms with van der Waals surface area (Å²) >= 11 is 0. The van der Waals surface area contributed by atoms with Crippen LogP contribution in [0.15, 0.2) is 0 Å². The molecule has 102 valence electrons. The average Bonchev–Trinajstić information content (AvgIpc) is 2.47. The molecule has 18 heavy (non-hydrogen) atoms. The second kappa shape index (κ2) is 6.18. The third-order valence-corrected chi connectivity index (χ3v) is 3.99. The second-order valence-electron chi connectivity index (χ2n) is 5.17. The molecule has 0 bridgehead atoms. The van der Waals surface area contributed by atoms with Gasteiger partial charge in [0.15, 0.2) is 0 Å². The topological polar surface area (TPSA) is 58.6 Å². The fraction of sp³-hybridized carbons (Fsp3) is 0.846. The molecule has 5 nitrogen and oxygen atoms in total. The first kappa shape index (κ1) is 13.3. The number of amides is 1. The summed E-state index contributed by atoms with van der Waals surface area (Å²) in [5, 5.41) is 3.27. The van der Waals surface area contributed by atoms with Crippen molar-refractivity contribution in [2.24, 2.45) is 11.8 Å². The summed E-state index contributed by atoms with van der Waals surface area (Å²) in [5.74, 6) is 0.226. The molecule has 0 radical (unpaired) electrons. The number of hydrogen-bond acceptors (Lipinski definition) is 4. The van der Waals surface area contributed by atoms with Gasteiger partial charge in [-0.3, -0.25) is 9.59 Å². The molecule has 1 amide bonds. The molecule has 2 saturated heterocycles. The normalized spacial score (nSPS) is 25.8. The molecule has 0 aliphatic carbocycles. The lowest BCUT2D eigenvalue weighted by Crippen LogP contribution is -2.46. The van der Waals surface area contributed by atoms with Gasteiger partial charge in [0.1, 0.15) is 0 Å². The average molecular weight is 254 g/mol. The van der Waals surface area contributed by atoms with Crippen molar-refractivity contribution in [1.82, 2.24) is 10.2 Å². The maximum Gasteiger partial charge on any atom is 0.308 e. The quantitative estimate of drug-likeness (QED) is 0.725. The highest BCUT2D eigenvalue weighted by Gasteiger charge is 2.31. The van der Waals surface area contributed by atoms with Crippen molar-refractivity contribution in [2.45, 2.75) is 25.7 Å². The van der Waals surface area contributed by atoms with E-state index in [0.29, 0.717) is 13.1 Å². The van der Waals surface area contributed by atoms with Gasteiger partial charge in [0, 0.05) is 19.6 Å². The third-order valence-electron chi connectivity index (χ3n) is 3.99. The van der Waals surface area contributed by atoms with Crippen molar-refractivity contribution in [1.29, 1.82) is 0 Å². The summed E-state index contributed by atoms with van der Waals surface area (Å²) in [6, 6.07) is 0. The summed E-state index contributed by atoms with van der Waals surface area (Å²) in [6.07, 6.45) is 3.54. The van der Waals surface area contributed by atoms with Crippen molar-refractivity contribution in [3.63, 3.8) is 0 Å². The summed E-state index contributed by atoms with van der Waals surface area (Å²) in [6.45, 7) is 3.20. The first-order chi connectivity index (χ1) is 8.72. The van der Waals surface area contributed by atoms with Gasteiger partial charge in [0.2, 0.25) is 5.91 Å². The Kier molecular flexibility index (Phi) is 4.58. The van der Waals surface area contributed by atoms with Crippen molar-refractivity contribution in [2.75, 3.05) is 33.3 Å². The Labute approximate surface area is 108 Å². The van der Waals surface area contributed by atoms with E-state index in [-0.39, 0.29) is 23.7 Å². The van der Waals surface area contributed by atoms with E-state index in [4.69, 9.17) is 4.74 Å². The highest BCUT2D eigenvalue weighted by Crippen LogP contribution is 2.21. The highest BCUT2D eigenvalue weighted by molar-refractivity contribution is 5.80. The first-order valence-corrected chi connectivity index (χ1v) is 6.79. The summed E-state index contributed by atoms with van der Waals surface area (Å²) in [5.41, 5.74) is 0. The van der Waals surface area contributed by atoms with Crippen molar-refractivity contribution in [3.8, 4) is 0 Å². The molecule has 0 spiro atoms. The smallest absolute Gasteiger partial charge is 0.308 e. The predicted octanol–water partition coefficient (Wildman–Crippen LogP) is 0.398. The Morgan fingerprint density at radius 1 is 1.17 bits per heavy atom. The zero-order valence-electron chi connectivity index (χ0n) is 11.0. The van der Waals surface area contributed by atoms with Crippen LogP contribution < -0.4 is 5.32 Å². The molecule has 2 fully saturated rings. The second-order valence-corrected chi connectivity index (χ2v) is 5.17. The zero-order valence-corrected chi connectivity index (χ0v) is 11.0. The molecule has 0 aromatic carbocycles. The van der Waals surface area contributed by atoms with Gasteiger partial charge in [-0.05, 0) is 32.2 Å². The third kappa shape index (κ3) is 3.02. The molecular weight excluding hydrogens is 232 g/mol. The molecule has 1 atom stereocenters. The molecule has 2 aliphatic heterocycles. The number of rotatable bonds is 2. The van der Waals surface area contributed by atoms with Crippen LogP contribution in [-0.2, 0) is 14.3 Å². The Bertz CT molecular complexity index is 305. The first-order valence-electron chi connectivity index (χ1n) is 6.79. The van der Waals surface area contributed by atoms with Crippen molar-refractivity contribution in [3.05, 3.63) is 0 Å². The van der Waals surface area contributed by atoms with E-state index in [9.17, 15) is 9.59 Å². The van der Waals surface area contributed by atoms with Gasteiger partial charge < -0.3 is 15.0 Å². The minimum atomic E-state index is -0.138. The van der Waals surface area contributed by atoms with Crippen LogP contribution in [0, 0.1) is 11.8 Å². The molecule has 2 aliphatic rings. The van der Waals surface area contributed by atoms with E-state index in [1.807, 2.05) is 4.90 Å². The van der Waals surface area contributed by atoms with Crippen LogP contribution in [0.2, 0.25) is 0 Å². The molecule has 1 N–H and O–H groups in total. The minimum Gasteiger partial charge on any atom is -0.469 e. The molecular formula is C13H22N2O3. The summed E-state index contributed by atoms with van der Waals surface area (Å²) < 4.78 is 4.75. The van der Waals surface area contributed by atoms with Gasteiger partial charge in [-0.1, -0.05) is 0 Å². The van der Waals surface area contributed by atoms with E-state index in [0.717, 1.165) is 38.8 Å². The van der Waals surface area contributed by atoms with Crippen LogP contribution in [0.3, 0.4) is 0 Å². The maximum absolute atomic E-state index is 12.3. The lowest BCUT2D eigenvalue weighted by atomic mass is 9.93. The zero-order chi connectivity index (χ0) is 13.0. The van der Waals surface area contributed by atoms with Crippen LogP contribution >= 0.6 is 0 Å². The molecule has 0 aromatic heterocycles. The molecule has 0 aromatic rings. The number of piperidine rings is 2. The predicted molar refractivity (Wildman–Crippen MR) is 66.9 cm³/mol. The van der Waals surface area contributed by atoms with E-state index >= 15 is 0 Å². The van der Waals surface area contributed by atoms with Crippen LogP contribution in [-0.4, -0.2) is 50.1 Å². The molecule has 0 saturated carbocycles. The lowest BCUT2D eigenvalue weighted by Gasteiger charge is -2.34. The summed E-state index contributed by atoms with van der Waals surface area (Å²) in [4.78, 5) is 25.6. The number of likely N-dealkylation sites (tertiary alicyclic amines) is 1. The monoisotopic (exact) mass is 254 g/mol. The molecule has 2 rings (SSSR count). The number of carbonyl (C=O) groups excluding carboxylic acids is 2. The van der Waals surface area contributed by atoms with E-state index < -0.39 is 0 Å². The standard InChI is InChI=1S/C13H22N2O3/c1-18-13(17)10-4-7-15(8-5-10)12(16)11-3-2-6-14-9-11/h10-11,14H,2-9H2,1H3/t11-/m1/s1. The van der Waals surface area contributed by atoms with Crippen molar-refractivity contribution >= 4 is 11.9 Å². The fourth-order valence-electron chi connectivity index (χ4n) is 2.82. The number of nitrogens with zero attached hydrogens (tertiary/aromatic N) is 1. The number of carbonyl (C=O) groups is 2. The minimum absolute atomic E-state index is 0.0245. The number of esters is 1. The molecule has 2 heterocycles. The van der Waals surface area contributed by atoms with Crippen LogP contribution in [0.4, 0.5) is 0 Å². The molecule has 5 heteroatoms. The Morgan fingerprint density at radius 2 is 1.89 bits per heavy atom. The number of nitrogens with one attached hydrogen (secondary N) is 1. The van der Waals surface area contributed by atoms with E-state index in [1.165, 1.54) is 7.11 Å². The number of ether oxygens (including phenoxy) is 1. The number of hydrogen-bond donors (Lipinski definition) is 1. The van der Waals surface area contributed by atoms with E-state index in [1.54, 1.807) is 0 Å². The Balaban J connectivity index is 1.81. The Morgan fingerprint density at radius 3 is 2.44 bits per heavy atom. The van der Waals surface area contributed by atoms with Gasteiger partial charge in [-0.25, -0.2) is 0 Å². The Hall–Kier alpha value is -1.10. The maximum atomic E-state index is 12.3. The van der Waals surface area contributed by atoms with Crippen molar-refractivity contribution < 1.29 is 14.3 Å². The van der Waals surface area contributed by atoms with Crippen LogP contribution in [0.25, 0.3) is 0 Å². The largest absolute Gasteiger partial charge is 0.469 e. The summed E-state index contributed by atoms with van der Waals surface area (Å²) in [7, 11) is 1.42. The van der Waals surface area contributed by atoms with Gasteiger partial charge >= 0.3 is 5.97 Å².